The van der Waals surface area contributed by atoms with Gasteiger partial charge in [-0.25, -0.2) is 4.98 Å². The number of aromatic nitrogens is 2. The van der Waals surface area contributed by atoms with Crippen molar-refractivity contribution in [3.05, 3.63) is 235 Å². The van der Waals surface area contributed by atoms with Crippen molar-refractivity contribution < 1.29 is 25.8 Å². The van der Waals surface area contributed by atoms with Gasteiger partial charge in [-0.1, -0.05) is 189 Å². The van der Waals surface area contributed by atoms with Crippen LogP contribution in [0.25, 0.3) is 81.2 Å². The second-order valence-electron chi connectivity index (χ2n) is 24.6. The number of benzene rings is 9. The number of hydrogen-bond donors (Lipinski definition) is 0. The molecule has 0 N–H and O–H groups in total. The molecule has 5 nitrogen and oxygen atoms in total. The zero-order valence-corrected chi connectivity index (χ0v) is 51.0. The van der Waals surface area contributed by atoms with E-state index >= 15 is 0 Å². The number of para-hydroxylation sites is 2. The Balaban J connectivity index is 0.00000651. The molecular formula is C74H65N4OPtS-3. The van der Waals surface area contributed by atoms with Crippen LogP contribution in [0.2, 0.25) is 0 Å². The van der Waals surface area contributed by atoms with E-state index in [1.807, 2.05) is 17.5 Å². The summed E-state index contributed by atoms with van der Waals surface area (Å²) in [5.41, 5.74) is 18.8. The van der Waals surface area contributed by atoms with Crippen molar-refractivity contribution in [2.24, 2.45) is 0 Å². The first-order valence-electron chi connectivity index (χ1n) is 27.9. The Morgan fingerprint density at radius 1 is 0.506 bits per heavy atom. The number of rotatable bonds is 8. The largest absolute Gasteiger partial charge is 0.509 e. The monoisotopic (exact) mass is 1250 g/mol. The zero-order valence-electron chi connectivity index (χ0n) is 47.9. The molecule has 0 amide bonds. The average molecular weight is 1250 g/mol. The molecule has 3 aromatic heterocycles. The average Bonchev–Trinajstić information content (AvgIpc) is 4.30. The van der Waals surface area contributed by atoms with E-state index in [1.54, 1.807) is 0 Å². The molecule has 0 fully saturated rings. The summed E-state index contributed by atoms with van der Waals surface area (Å²) in [6.07, 6.45) is 1.94. The maximum Gasteiger partial charge on any atom is 0.135 e. The van der Waals surface area contributed by atoms with Gasteiger partial charge in [-0.05, 0) is 116 Å². The molecule has 0 saturated heterocycles. The first-order valence-corrected chi connectivity index (χ1v) is 28.7. The van der Waals surface area contributed by atoms with E-state index in [2.05, 4.69) is 291 Å². The molecular weight excluding hydrogens is 1190 g/mol. The number of aryl methyl sites for hydroxylation is 2. The standard InChI is InChI=1S/C74H65N4OS.Pt/c1-46-39-47(2)67(49-25-16-13-17-26-49)70(66(46)48-23-14-12-15-24-48)77-45-76(60-30-19-20-31-61(60)77)52-40-50(68-58(73(6,7)8)28-22-29-59(68)74(9,10)11)41-54(43-52)79-53-33-34-57-63(44-53)78(65-42-51(37-38-75-65)72(3,4)5)62-36-35-56-55-27-18-21-32-64(55)80-71(56)69(57)62;/h12-42,45H,1-11H3;/q-3;. The van der Waals surface area contributed by atoms with Crippen LogP contribution in [0, 0.1) is 32.6 Å². The molecule has 0 aliphatic carbocycles. The Morgan fingerprint density at radius 2 is 1.11 bits per heavy atom. The van der Waals surface area contributed by atoms with Crippen LogP contribution in [0.15, 0.2) is 188 Å². The summed E-state index contributed by atoms with van der Waals surface area (Å²) in [7, 11) is 0. The summed E-state index contributed by atoms with van der Waals surface area (Å²) >= 11 is 1.85. The minimum atomic E-state index is -0.171. The minimum absolute atomic E-state index is 0. The van der Waals surface area contributed by atoms with Crippen LogP contribution >= 0.6 is 11.3 Å². The molecule has 0 unspecified atom stereocenters. The molecule has 0 bridgehead atoms. The fraction of sp³-hybridized carbons (Fsp3) is 0.189. The van der Waals surface area contributed by atoms with E-state index in [1.165, 1.54) is 70.1 Å². The molecule has 7 heteroatoms. The minimum Gasteiger partial charge on any atom is -0.509 e. The van der Waals surface area contributed by atoms with E-state index in [9.17, 15) is 0 Å². The molecule has 1 aliphatic heterocycles. The smallest absolute Gasteiger partial charge is 0.135 e. The molecule has 81 heavy (non-hydrogen) atoms. The normalized spacial score (nSPS) is 12.9. The summed E-state index contributed by atoms with van der Waals surface area (Å²) in [5, 5.41) is 4.81. The predicted octanol–water partition coefficient (Wildman–Crippen LogP) is 20.9. The van der Waals surface area contributed by atoms with Gasteiger partial charge < -0.3 is 19.1 Å². The quantitative estimate of drug-likeness (QED) is 0.142. The second-order valence-corrected chi connectivity index (χ2v) is 25.7. The molecule has 0 radical (unpaired) electrons. The summed E-state index contributed by atoms with van der Waals surface area (Å²) in [6.45, 7) is 27.4. The Bertz CT molecular complexity index is 4300. The summed E-state index contributed by atoms with van der Waals surface area (Å²) in [4.78, 5) is 9.78. The number of hydrogen-bond acceptors (Lipinski definition) is 5. The van der Waals surface area contributed by atoms with Crippen LogP contribution in [-0.4, -0.2) is 9.55 Å². The third-order valence-electron chi connectivity index (χ3n) is 16.0. The fourth-order valence-electron chi connectivity index (χ4n) is 12.2. The van der Waals surface area contributed by atoms with Crippen molar-refractivity contribution in [3.8, 4) is 50.7 Å². The van der Waals surface area contributed by atoms with Gasteiger partial charge in [0.15, 0.2) is 0 Å². The molecule has 9 aromatic carbocycles. The Hall–Kier alpha value is -7.76. The third-order valence-corrected chi connectivity index (χ3v) is 17.2. The van der Waals surface area contributed by atoms with Crippen LogP contribution in [0.1, 0.15) is 90.1 Å². The Kier molecular flexibility index (Phi) is 13.5. The third kappa shape index (κ3) is 9.45. The van der Waals surface area contributed by atoms with Crippen LogP contribution in [0.5, 0.6) is 11.5 Å². The SMILES string of the molecule is Cc1cc(C)c(-c2ccccc2)c(N2[CH-]N(c3[c-]c(Oc4[c-]c5c(cc4)c4c6sc7ccccc7c6ccc4n5-c4cc(C(C)(C)C)ccn4)cc(-c4c(C(C)(C)C)cccc4C(C)(C)C)c3)c3ccccc32)c1-c1ccccc1.[Pt]. The zero-order chi connectivity index (χ0) is 55.4. The van der Waals surface area contributed by atoms with Gasteiger partial charge in [0, 0.05) is 92.6 Å². The number of fused-ring (bicyclic) bond motifs is 8. The van der Waals surface area contributed by atoms with Crippen LogP contribution in [0.3, 0.4) is 0 Å². The van der Waals surface area contributed by atoms with E-state index in [0.717, 1.165) is 61.7 Å². The number of nitrogens with zero attached hydrogens (tertiary/aromatic N) is 4. The molecule has 0 spiro atoms. The van der Waals surface area contributed by atoms with Gasteiger partial charge in [-0.15, -0.1) is 65.0 Å². The van der Waals surface area contributed by atoms with Crippen LogP contribution in [0.4, 0.5) is 22.7 Å². The number of anilines is 4. The van der Waals surface area contributed by atoms with Gasteiger partial charge in [0.25, 0.3) is 0 Å². The summed E-state index contributed by atoms with van der Waals surface area (Å²) < 4.78 is 12.1. The predicted molar refractivity (Wildman–Crippen MR) is 339 cm³/mol. The van der Waals surface area contributed by atoms with Gasteiger partial charge in [0.05, 0.1) is 0 Å². The van der Waals surface area contributed by atoms with Gasteiger partial charge >= 0.3 is 0 Å². The fourth-order valence-corrected chi connectivity index (χ4v) is 13.5. The molecule has 0 atom stereocenters. The first kappa shape index (κ1) is 53.9. The molecule has 0 saturated carbocycles. The van der Waals surface area contributed by atoms with Gasteiger partial charge in [0.1, 0.15) is 5.82 Å². The molecule has 4 heterocycles. The number of thiophene rings is 1. The van der Waals surface area contributed by atoms with Crippen molar-refractivity contribution in [1.82, 2.24) is 9.55 Å². The topological polar surface area (TPSA) is 33.5 Å². The van der Waals surface area contributed by atoms with Crippen LogP contribution in [-0.2, 0) is 37.3 Å². The van der Waals surface area contributed by atoms with Gasteiger partial charge in [-0.3, -0.25) is 0 Å². The van der Waals surface area contributed by atoms with E-state index in [4.69, 9.17) is 9.72 Å². The van der Waals surface area contributed by atoms with E-state index in [0.29, 0.717) is 11.5 Å². The second kappa shape index (κ2) is 20.3. The summed E-state index contributed by atoms with van der Waals surface area (Å²) in [6, 6.07) is 73.7. The van der Waals surface area contributed by atoms with Crippen molar-refractivity contribution in [1.29, 1.82) is 0 Å². The number of pyridine rings is 1. The Morgan fingerprint density at radius 3 is 1.75 bits per heavy atom. The number of ether oxygens (including phenoxy) is 1. The van der Waals surface area contributed by atoms with Crippen molar-refractivity contribution in [2.45, 2.75) is 92.4 Å². The van der Waals surface area contributed by atoms with E-state index < -0.39 is 0 Å². The van der Waals surface area contributed by atoms with Crippen molar-refractivity contribution in [3.63, 3.8) is 0 Å². The Labute approximate surface area is 495 Å². The van der Waals surface area contributed by atoms with Crippen molar-refractivity contribution >= 4 is 76.1 Å². The van der Waals surface area contributed by atoms with Gasteiger partial charge in [0.2, 0.25) is 0 Å². The molecule has 13 rings (SSSR count). The van der Waals surface area contributed by atoms with E-state index in [-0.39, 0.29) is 37.3 Å². The van der Waals surface area contributed by atoms with Crippen LogP contribution < -0.4 is 14.5 Å². The maximum absolute atomic E-state index is 7.29. The molecule has 406 valence electrons. The summed E-state index contributed by atoms with van der Waals surface area (Å²) in [5.74, 6) is 2.02. The first-order chi connectivity index (χ1) is 38.4. The molecule has 1 aliphatic rings. The van der Waals surface area contributed by atoms with Crippen molar-refractivity contribution in [2.75, 3.05) is 9.80 Å². The van der Waals surface area contributed by atoms with Gasteiger partial charge in [-0.2, -0.15) is 6.07 Å². The molecule has 12 aromatic rings. The maximum atomic E-state index is 7.29.